The van der Waals surface area contributed by atoms with Gasteiger partial charge in [-0.25, -0.2) is 0 Å². The van der Waals surface area contributed by atoms with Gasteiger partial charge in [0.1, 0.15) is 0 Å². The fourth-order valence-electron chi connectivity index (χ4n) is 4.41. The van der Waals surface area contributed by atoms with E-state index in [1.807, 2.05) is 11.0 Å². The van der Waals surface area contributed by atoms with Gasteiger partial charge in [0.15, 0.2) is 0 Å². The minimum Gasteiger partial charge on any atom is -0.351 e. The van der Waals surface area contributed by atoms with Gasteiger partial charge in [0.2, 0.25) is 11.8 Å². The number of hydrogen-bond donors (Lipinski definition) is 1. The summed E-state index contributed by atoms with van der Waals surface area (Å²) in [4.78, 5) is 26.8. The molecule has 2 fully saturated rings. The lowest BCUT2D eigenvalue weighted by Crippen LogP contribution is -2.38. The third-order valence-corrected chi connectivity index (χ3v) is 6.03. The zero-order valence-corrected chi connectivity index (χ0v) is 16.7. The summed E-state index contributed by atoms with van der Waals surface area (Å²) in [5.41, 5.74) is 5.00. The predicted molar refractivity (Wildman–Crippen MR) is 110 cm³/mol. The average Bonchev–Trinajstić information content (AvgIpc) is 3.38. The monoisotopic (exact) mass is 376 g/mol. The molecule has 0 unspecified atom stereocenters. The normalized spacial score (nSPS) is 23.7. The van der Waals surface area contributed by atoms with Crippen LogP contribution in [0.3, 0.4) is 0 Å². The summed E-state index contributed by atoms with van der Waals surface area (Å²) in [6.45, 7) is 4.81. The number of amides is 2. The minimum atomic E-state index is -0.0591. The van der Waals surface area contributed by atoms with Crippen LogP contribution in [0.25, 0.3) is 0 Å². The molecule has 4 rings (SSSR count). The van der Waals surface area contributed by atoms with Crippen molar-refractivity contribution in [2.24, 2.45) is 0 Å². The minimum absolute atomic E-state index is 0.0371. The van der Waals surface area contributed by atoms with E-state index in [0.717, 1.165) is 12.8 Å². The molecule has 1 aliphatic heterocycles. The lowest BCUT2D eigenvalue weighted by Gasteiger charge is -2.17. The average molecular weight is 377 g/mol. The third kappa shape index (κ3) is 4.11. The van der Waals surface area contributed by atoms with Crippen molar-refractivity contribution in [2.75, 3.05) is 6.54 Å². The van der Waals surface area contributed by atoms with Gasteiger partial charge in [-0.2, -0.15) is 0 Å². The van der Waals surface area contributed by atoms with Crippen molar-refractivity contribution in [1.82, 2.24) is 10.2 Å². The highest BCUT2D eigenvalue weighted by Crippen LogP contribution is 2.45. The highest BCUT2D eigenvalue weighted by atomic mass is 16.2. The quantitative estimate of drug-likeness (QED) is 0.839. The Balaban J connectivity index is 1.27. The van der Waals surface area contributed by atoms with Crippen molar-refractivity contribution in [3.63, 3.8) is 0 Å². The summed E-state index contributed by atoms with van der Waals surface area (Å²) >= 11 is 0. The Bertz CT molecular complexity index is 877. The molecule has 2 aliphatic rings. The first-order chi connectivity index (χ1) is 13.5. The van der Waals surface area contributed by atoms with Gasteiger partial charge in [0.25, 0.3) is 0 Å². The molecule has 0 aromatic heterocycles. The molecule has 2 aromatic rings. The number of hydrogen-bond acceptors (Lipinski definition) is 2. The van der Waals surface area contributed by atoms with Crippen molar-refractivity contribution >= 4 is 11.8 Å². The van der Waals surface area contributed by atoms with Crippen LogP contribution in [0.2, 0.25) is 0 Å². The van der Waals surface area contributed by atoms with E-state index in [1.54, 1.807) is 0 Å². The first-order valence-corrected chi connectivity index (χ1v) is 10.2. The van der Waals surface area contributed by atoms with Crippen LogP contribution in [0.1, 0.15) is 47.4 Å². The Kier molecular flexibility index (Phi) is 5.21. The number of likely N-dealkylation sites (tertiary alicyclic amines) is 1. The first-order valence-electron chi connectivity index (χ1n) is 10.2. The van der Waals surface area contributed by atoms with Crippen LogP contribution in [0.4, 0.5) is 0 Å². The Morgan fingerprint density at radius 1 is 1.14 bits per heavy atom. The van der Waals surface area contributed by atoms with Crippen molar-refractivity contribution in [3.8, 4) is 0 Å². The molecule has 4 nitrogen and oxygen atoms in total. The van der Waals surface area contributed by atoms with Gasteiger partial charge in [0, 0.05) is 31.3 Å². The fourth-order valence-corrected chi connectivity index (χ4v) is 4.41. The van der Waals surface area contributed by atoms with Crippen LogP contribution in [0.15, 0.2) is 48.5 Å². The largest absolute Gasteiger partial charge is 0.351 e. The number of rotatable bonds is 6. The van der Waals surface area contributed by atoms with E-state index in [9.17, 15) is 9.59 Å². The molecular formula is C24H28N2O2. The maximum atomic E-state index is 12.5. The maximum absolute atomic E-state index is 12.5. The van der Waals surface area contributed by atoms with Gasteiger partial charge < -0.3 is 10.2 Å². The van der Waals surface area contributed by atoms with Crippen LogP contribution >= 0.6 is 0 Å². The summed E-state index contributed by atoms with van der Waals surface area (Å²) in [5.74, 6) is 0.655. The topological polar surface area (TPSA) is 49.4 Å². The van der Waals surface area contributed by atoms with Crippen molar-refractivity contribution < 1.29 is 9.59 Å². The van der Waals surface area contributed by atoms with Crippen LogP contribution in [0, 0.1) is 13.8 Å². The Hall–Kier alpha value is -2.62. The molecule has 2 amide bonds. The third-order valence-electron chi connectivity index (χ3n) is 6.03. The molecule has 1 heterocycles. The van der Waals surface area contributed by atoms with Gasteiger partial charge in [-0.05, 0) is 43.4 Å². The van der Waals surface area contributed by atoms with Crippen LogP contribution in [-0.2, 0) is 16.0 Å². The van der Waals surface area contributed by atoms with E-state index in [-0.39, 0.29) is 17.9 Å². The van der Waals surface area contributed by atoms with Gasteiger partial charge in [0.05, 0.1) is 6.04 Å². The zero-order valence-electron chi connectivity index (χ0n) is 16.7. The van der Waals surface area contributed by atoms with Gasteiger partial charge in [-0.3, -0.25) is 9.59 Å². The molecule has 0 spiro atoms. The first kappa shape index (κ1) is 18.7. The second kappa shape index (κ2) is 7.78. The van der Waals surface area contributed by atoms with Crippen molar-refractivity contribution in [2.45, 2.75) is 57.5 Å². The summed E-state index contributed by atoms with van der Waals surface area (Å²) < 4.78 is 0. The van der Waals surface area contributed by atoms with E-state index in [2.05, 4.69) is 61.6 Å². The molecular weight excluding hydrogens is 348 g/mol. The van der Waals surface area contributed by atoms with Crippen LogP contribution in [0.5, 0.6) is 0 Å². The SMILES string of the molecule is Cc1ccc(CCC(=O)N[C@@H]2CC(=O)N([C@@H]3C[C@@H]3c3ccccc3)C2)c(C)c1. The number of carbonyl (C=O) groups is 2. The molecule has 4 heteroatoms. The smallest absolute Gasteiger partial charge is 0.225 e. The molecule has 3 atom stereocenters. The van der Waals surface area contributed by atoms with E-state index < -0.39 is 0 Å². The van der Waals surface area contributed by atoms with E-state index in [4.69, 9.17) is 0 Å². The van der Waals surface area contributed by atoms with Crippen LogP contribution < -0.4 is 5.32 Å². The summed E-state index contributed by atoms with van der Waals surface area (Å²) in [7, 11) is 0. The molecule has 0 radical (unpaired) electrons. The number of nitrogens with one attached hydrogen (secondary N) is 1. The van der Waals surface area contributed by atoms with Crippen molar-refractivity contribution in [1.29, 1.82) is 0 Å². The summed E-state index contributed by atoms with van der Waals surface area (Å²) in [6, 6.07) is 17.0. The van der Waals surface area contributed by atoms with Gasteiger partial charge in [-0.15, -0.1) is 0 Å². The molecule has 1 N–H and O–H groups in total. The highest BCUT2D eigenvalue weighted by molar-refractivity contribution is 5.83. The second-order valence-corrected chi connectivity index (χ2v) is 8.26. The standard InChI is InChI=1S/C24H28N2O2/c1-16-8-9-18(17(2)12-16)10-11-23(27)25-20-13-24(28)26(15-20)22-14-21(22)19-6-4-3-5-7-19/h3-9,12,20-22H,10-11,13-15H2,1-2H3,(H,25,27)/t20-,21-,22-/m1/s1. The number of aryl methyl sites for hydroxylation is 3. The fraction of sp³-hybridized carbons (Fsp3) is 0.417. The number of benzene rings is 2. The predicted octanol–water partition coefficient (Wildman–Crippen LogP) is 3.51. The lowest BCUT2D eigenvalue weighted by atomic mass is 10.0. The molecule has 28 heavy (non-hydrogen) atoms. The summed E-state index contributed by atoms with van der Waals surface area (Å²) in [6.07, 6.45) is 2.65. The Labute approximate surface area is 166 Å². The lowest BCUT2D eigenvalue weighted by molar-refractivity contribution is -0.128. The zero-order chi connectivity index (χ0) is 19.7. The van der Waals surface area contributed by atoms with E-state index >= 15 is 0 Å². The molecule has 2 aromatic carbocycles. The Morgan fingerprint density at radius 2 is 1.93 bits per heavy atom. The molecule has 1 aliphatic carbocycles. The molecule has 1 saturated carbocycles. The maximum Gasteiger partial charge on any atom is 0.225 e. The second-order valence-electron chi connectivity index (χ2n) is 8.26. The summed E-state index contributed by atoms with van der Waals surface area (Å²) in [5, 5.41) is 3.08. The van der Waals surface area contributed by atoms with Gasteiger partial charge in [-0.1, -0.05) is 54.1 Å². The number of nitrogens with zero attached hydrogens (tertiary/aromatic N) is 1. The highest BCUT2D eigenvalue weighted by Gasteiger charge is 2.47. The molecule has 0 bridgehead atoms. The molecule has 1 saturated heterocycles. The van der Waals surface area contributed by atoms with Gasteiger partial charge >= 0.3 is 0 Å². The van der Waals surface area contributed by atoms with E-state index in [0.29, 0.717) is 31.3 Å². The van der Waals surface area contributed by atoms with Crippen molar-refractivity contribution in [3.05, 3.63) is 70.8 Å². The van der Waals surface area contributed by atoms with Crippen LogP contribution in [-0.4, -0.2) is 35.3 Å². The molecule has 146 valence electrons. The Morgan fingerprint density at radius 3 is 2.68 bits per heavy atom. The van der Waals surface area contributed by atoms with E-state index in [1.165, 1.54) is 22.3 Å². The number of carbonyl (C=O) groups excluding carboxylic acids is 2.